The lowest BCUT2D eigenvalue weighted by atomic mass is 10.0. The summed E-state index contributed by atoms with van der Waals surface area (Å²) in [6, 6.07) is 26.4. The fourth-order valence-electron chi connectivity index (χ4n) is 7.62. The first-order valence-electron chi connectivity index (χ1n) is 17.4. The monoisotopic (exact) mass is 746 g/mol. The number of methoxy groups -OCH3 is 2. The van der Waals surface area contributed by atoms with Crippen LogP contribution in [-0.2, 0) is 13.1 Å². The quantitative estimate of drug-likeness (QED) is 0.139. The third-order valence-electron chi connectivity index (χ3n) is 10.2. The molecule has 0 aliphatic carbocycles. The lowest BCUT2D eigenvalue weighted by molar-refractivity contribution is 0.0762. The van der Waals surface area contributed by atoms with Crippen molar-refractivity contribution in [3.05, 3.63) is 120 Å². The highest BCUT2D eigenvalue weighted by Gasteiger charge is 2.39. The van der Waals surface area contributed by atoms with Crippen molar-refractivity contribution in [1.82, 2.24) is 29.7 Å². The van der Waals surface area contributed by atoms with Crippen molar-refractivity contribution in [1.29, 1.82) is 0 Å². The number of fused-ring (bicyclic) bond motifs is 10. The molecule has 0 unspecified atom stereocenters. The van der Waals surface area contributed by atoms with E-state index in [9.17, 15) is 29.4 Å². The fraction of sp³-hybridized carbons (Fsp3) is 0.0952. The normalized spacial score (nSPS) is 13.1. The first-order chi connectivity index (χ1) is 27.1. The molecule has 0 saturated heterocycles. The number of imide groups is 1. The highest BCUT2D eigenvalue weighted by molar-refractivity contribution is 6.21. The van der Waals surface area contributed by atoms with Gasteiger partial charge in [0.1, 0.15) is 11.5 Å². The molecule has 0 spiro atoms. The molecular formula is C42H30N6O8. The number of H-pyrrole nitrogens is 1. The Morgan fingerprint density at radius 3 is 1.93 bits per heavy atom. The predicted molar refractivity (Wildman–Crippen MR) is 207 cm³/mol. The molecule has 56 heavy (non-hydrogen) atoms. The van der Waals surface area contributed by atoms with Gasteiger partial charge in [0.2, 0.25) is 0 Å². The summed E-state index contributed by atoms with van der Waals surface area (Å²) in [5.41, 5.74) is 6.53. The molecule has 10 rings (SSSR count). The maximum Gasteiger partial charge on any atom is 0.416 e. The molecule has 276 valence electrons. The second-order valence-corrected chi connectivity index (χ2v) is 13.3. The first kappa shape index (κ1) is 34.1. The van der Waals surface area contributed by atoms with Crippen molar-refractivity contribution < 1.29 is 38.9 Å². The Bertz CT molecular complexity index is 3000. The number of hydrogen-bond acceptors (Lipinski definition) is 8. The molecule has 2 aliphatic heterocycles. The first-order valence-corrected chi connectivity index (χ1v) is 17.4. The topological polar surface area (TPSA) is 189 Å². The van der Waals surface area contributed by atoms with Crippen molar-refractivity contribution >= 4 is 67.4 Å². The molecule has 6 heterocycles. The highest BCUT2D eigenvalue weighted by atomic mass is 16.5. The number of carbonyl (C=O) groups excluding carboxylic acids is 2. The zero-order valence-electron chi connectivity index (χ0n) is 29.8. The van der Waals surface area contributed by atoms with E-state index in [1.165, 1.54) is 0 Å². The molecule has 0 bridgehead atoms. The van der Waals surface area contributed by atoms with E-state index in [-0.39, 0.29) is 23.7 Å². The highest BCUT2D eigenvalue weighted by Crippen LogP contribution is 2.39. The van der Waals surface area contributed by atoms with Crippen LogP contribution in [0, 0.1) is 0 Å². The Labute approximate surface area is 316 Å². The Morgan fingerprint density at radius 2 is 1.32 bits per heavy atom. The van der Waals surface area contributed by atoms with Gasteiger partial charge in [-0.15, -0.1) is 0 Å². The van der Waals surface area contributed by atoms with Crippen molar-refractivity contribution in [3.63, 3.8) is 0 Å². The molecule has 3 amide bonds. The molecule has 0 atom stereocenters. The van der Waals surface area contributed by atoms with Crippen molar-refractivity contribution in [2.75, 3.05) is 14.2 Å². The molecule has 0 radical (unpaired) electrons. The molecule has 4 aromatic heterocycles. The number of carbonyl (C=O) groups is 4. The van der Waals surface area contributed by atoms with Crippen LogP contribution < -0.4 is 14.8 Å². The van der Waals surface area contributed by atoms with Gasteiger partial charge in [0, 0.05) is 61.5 Å². The number of nitrogens with one attached hydrogen (secondary N) is 2. The summed E-state index contributed by atoms with van der Waals surface area (Å²) >= 11 is 0. The number of aromatic nitrogens is 4. The molecule has 14 nitrogen and oxygen atoms in total. The summed E-state index contributed by atoms with van der Waals surface area (Å²) in [4.78, 5) is 61.4. The predicted octanol–water partition coefficient (Wildman–Crippen LogP) is 7.66. The molecular weight excluding hydrogens is 716 g/mol. The molecule has 0 fully saturated rings. The van der Waals surface area contributed by atoms with E-state index >= 15 is 0 Å². The molecule has 14 heteroatoms. The van der Waals surface area contributed by atoms with E-state index < -0.39 is 18.1 Å². The number of nitrogens with zero attached hydrogens (tertiary/aromatic N) is 4. The van der Waals surface area contributed by atoms with Gasteiger partial charge >= 0.3 is 12.2 Å². The lowest BCUT2D eigenvalue weighted by Gasteiger charge is -2.12. The van der Waals surface area contributed by atoms with Gasteiger partial charge < -0.3 is 30.0 Å². The second kappa shape index (κ2) is 13.0. The maximum atomic E-state index is 12.7. The maximum absolute atomic E-state index is 12.7. The number of carboxylic acid groups (broad SMARTS) is 2. The van der Waals surface area contributed by atoms with Crippen LogP contribution in [0.3, 0.4) is 0 Å². The van der Waals surface area contributed by atoms with E-state index in [4.69, 9.17) is 9.47 Å². The third kappa shape index (κ3) is 5.34. The van der Waals surface area contributed by atoms with Crippen LogP contribution in [0.2, 0.25) is 0 Å². The second-order valence-electron chi connectivity index (χ2n) is 13.3. The molecule has 8 aromatic rings. The molecule has 4 N–H and O–H groups in total. The smallest absolute Gasteiger partial charge is 0.416 e. The summed E-state index contributed by atoms with van der Waals surface area (Å²) in [5, 5.41) is 26.8. The van der Waals surface area contributed by atoms with Crippen LogP contribution in [-0.4, -0.2) is 72.9 Å². The number of amides is 3. The van der Waals surface area contributed by atoms with E-state index in [0.29, 0.717) is 44.6 Å². The summed E-state index contributed by atoms with van der Waals surface area (Å²) in [7, 11) is 3.22. The van der Waals surface area contributed by atoms with Gasteiger partial charge in [0.25, 0.3) is 11.8 Å². The Hall–Kier alpha value is -7.74. The van der Waals surface area contributed by atoms with Gasteiger partial charge in [-0.2, -0.15) is 0 Å². The van der Waals surface area contributed by atoms with E-state index in [0.717, 1.165) is 60.1 Å². The van der Waals surface area contributed by atoms with Crippen LogP contribution in [0.15, 0.2) is 97.3 Å². The van der Waals surface area contributed by atoms with Crippen LogP contribution in [0.5, 0.6) is 11.5 Å². The Balaban J connectivity index is 0.000000149. The van der Waals surface area contributed by atoms with Gasteiger partial charge in [0.05, 0.1) is 66.6 Å². The van der Waals surface area contributed by atoms with Gasteiger partial charge in [-0.3, -0.25) is 19.6 Å². The minimum atomic E-state index is -1.42. The number of rotatable bonds is 4. The fourth-order valence-corrected chi connectivity index (χ4v) is 7.62. The van der Waals surface area contributed by atoms with Gasteiger partial charge in [-0.1, -0.05) is 48.5 Å². The zero-order valence-corrected chi connectivity index (χ0v) is 29.8. The van der Waals surface area contributed by atoms with Gasteiger partial charge in [-0.05, 0) is 36.4 Å². The van der Waals surface area contributed by atoms with Crippen molar-refractivity contribution in [2.45, 2.75) is 13.1 Å². The average molecular weight is 747 g/mol. The van der Waals surface area contributed by atoms with E-state index in [1.54, 1.807) is 38.6 Å². The minimum absolute atomic E-state index is 0.0114. The third-order valence-corrected chi connectivity index (χ3v) is 10.2. The molecule has 2 aliphatic rings. The van der Waals surface area contributed by atoms with Crippen LogP contribution >= 0.6 is 0 Å². The summed E-state index contributed by atoms with van der Waals surface area (Å²) in [5.74, 6) is 0.717. The Kier molecular flexibility index (Phi) is 7.90. The summed E-state index contributed by atoms with van der Waals surface area (Å²) < 4.78 is 11.6. The largest absolute Gasteiger partial charge is 0.497 e. The van der Waals surface area contributed by atoms with E-state index in [2.05, 4.69) is 26.3 Å². The zero-order chi connectivity index (χ0) is 38.8. The number of hydrogen-bond donors (Lipinski definition) is 4. The number of benzene rings is 4. The molecule has 0 saturated carbocycles. The van der Waals surface area contributed by atoms with Crippen LogP contribution in [0.4, 0.5) is 9.59 Å². The standard InChI is InChI=1S/C22H15N3O6.C20H15N3O2/c1-31-13-4-2-3-11(7-13)16-8-15-12(9-23-16)5-6-14-18-17(25(19(14)15)22(29)30)10-24(20(18)26)21(27)28;1-25-13-4-2-3-11(7-13)16-8-15-12(9-21-16)5-6-14-18-17(23-19(14)15)10-22-20(18)24/h2-9H,10H2,1H3,(H,27,28)(H,29,30);2-9,23H,10H2,1H3,(H,22,24). The van der Waals surface area contributed by atoms with Gasteiger partial charge in [-0.25, -0.2) is 19.1 Å². The van der Waals surface area contributed by atoms with Crippen LogP contribution in [0.1, 0.15) is 32.1 Å². The van der Waals surface area contributed by atoms with E-state index in [1.807, 2.05) is 66.9 Å². The van der Waals surface area contributed by atoms with Crippen molar-refractivity contribution in [2.24, 2.45) is 0 Å². The summed E-state index contributed by atoms with van der Waals surface area (Å²) in [6.45, 7) is 0.234. The number of aromatic amines is 1. The Morgan fingerprint density at radius 1 is 0.714 bits per heavy atom. The van der Waals surface area contributed by atoms with Gasteiger partial charge in [0.15, 0.2) is 0 Å². The van der Waals surface area contributed by atoms with Crippen LogP contribution in [0.25, 0.3) is 65.9 Å². The number of ether oxygens (including phenoxy) is 2. The lowest BCUT2D eigenvalue weighted by Crippen LogP contribution is -2.30. The minimum Gasteiger partial charge on any atom is -0.497 e. The average Bonchev–Trinajstić information content (AvgIpc) is 3.97. The molecule has 4 aromatic carbocycles. The number of pyridine rings is 2. The SMILES string of the molecule is COc1cccc(-c2cc3c(ccc4c5c([nH]c43)CNC5=O)cn2)c1.COc1cccc(-c2cc3c(ccc4c5c(n(C(=O)O)c43)CN(C(=O)O)C5=O)cn2)c1. The van der Waals surface area contributed by atoms with Crippen molar-refractivity contribution in [3.8, 4) is 34.0 Å². The summed E-state index contributed by atoms with van der Waals surface area (Å²) in [6.07, 6.45) is 0.796.